The molecule has 118 valence electrons. The number of nitrogens with two attached hydrogens (primary N) is 1. The molecule has 1 fully saturated rings. The van der Waals surface area contributed by atoms with E-state index in [4.69, 9.17) is 5.73 Å². The molecule has 1 aromatic rings. The highest BCUT2D eigenvalue weighted by atomic mass is 35.5. The van der Waals surface area contributed by atoms with Crippen molar-refractivity contribution >= 4 is 28.1 Å². The molecule has 0 saturated carbocycles. The van der Waals surface area contributed by atoms with Crippen LogP contribution in [0.4, 0.5) is 10.1 Å². The standard InChI is InChI=1S/C11H14FN3O4S.ClH/c12-9-2-1-3-10(11(9)15(16)17)20(18,19)14-6-4-8(13)5-7-14;/h1-3,8H,4-7,13H2;1H. The summed E-state index contributed by atoms with van der Waals surface area (Å²) >= 11 is 0. The van der Waals surface area contributed by atoms with E-state index in [1.54, 1.807) is 0 Å². The van der Waals surface area contributed by atoms with Crippen LogP contribution in [0, 0.1) is 15.9 Å². The fourth-order valence-corrected chi connectivity index (χ4v) is 3.77. The van der Waals surface area contributed by atoms with Gasteiger partial charge in [-0.15, -0.1) is 12.4 Å². The lowest BCUT2D eigenvalue weighted by molar-refractivity contribution is -0.390. The Balaban J connectivity index is 0.00000220. The highest BCUT2D eigenvalue weighted by molar-refractivity contribution is 7.89. The molecular formula is C11H15ClFN3O4S. The van der Waals surface area contributed by atoms with Crippen LogP contribution in [0.25, 0.3) is 0 Å². The van der Waals surface area contributed by atoms with Crippen molar-refractivity contribution in [3.8, 4) is 0 Å². The molecule has 7 nitrogen and oxygen atoms in total. The van der Waals surface area contributed by atoms with Gasteiger partial charge in [0.05, 0.1) is 4.92 Å². The Morgan fingerprint density at radius 3 is 2.43 bits per heavy atom. The summed E-state index contributed by atoms with van der Waals surface area (Å²) in [6.45, 7) is 0.355. The second-order valence-electron chi connectivity index (χ2n) is 4.59. The summed E-state index contributed by atoms with van der Waals surface area (Å²) in [7, 11) is -4.09. The molecule has 0 bridgehead atoms. The number of nitro groups is 1. The minimum atomic E-state index is -4.09. The van der Waals surface area contributed by atoms with E-state index in [-0.39, 0.29) is 31.5 Å². The molecule has 0 amide bonds. The first-order valence-corrected chi connectivity index (χ1v) is 7.46. The molecule has 0 aromatic heterocycles. The third-order valence-electron chi connectivity index (χ3n) is 3.25. The van der Waals surface area contributed by atoms with Gasteiger partial charge in [-0.05, 0) is 25.0 Å². The van der Waals surface area contributed by atoms with Crippen LogP contribution in [0.3, 0.4) is 0 Å². The second kappa shape index (κ2) is 6.65. The van der Waals surface area contributed by atoms with E-state index >= 15 is 0 Å². The topological polar surface area (TPSA) is 107 Å². The zero-order valence-electron chi connectivity index (χ0n) is 10.9. The number of hydrogen-bond acceptors (Lipinski definition) is 5. The monoisotopic (exact) mass is 339 g/mol. The molecule has 10 heteroatoms. The Morgan fingerprint density at radius 1 is 1.33 bits per heavy atom. The largest absolute Gasteiger partial charge is 0.328 e. The van der Waals surface area contributed by atoms with Crippen LogP contribution in [0.2, 0.25) is 0 Å². The number of sulfonamides is 1. The number of benzene rings is 1. The van der Waals surface area contributed by atoms with Crippen molar-refractivity contribution in [2.24, 2.45) is 5.73 Å². The van der Waals surface area contributed by atoms with Gasteiger partial charge in [0, 0.05) is 19.1 Å². The molecule has 1 aromatic carbocycles. The summed E-state index contributed by atoms with van der Waals surface area (Å²) in [5, 5.41) is 10.9. The third kappa shape index (κ3) is 3.49. The number of para-hydroxylation sites is 1. The number of nitro benzene ring substituents is 1. The fraction of sp³-hybridized carbons (Fsp3) is 0.455. The molecule has 2 N–H and O–H groups in total. The molecule has 21 heavy (non-hydrogen) atoms. The lowest BCUT2D eigenvalue weighted by Gasteiger charge is -2.29. The summed E-state index contributed by atoms with van der Waals surface area (Å²) in [4.78, 5) is 9.26. The van der Waals surface area contributed by atoms with Crippen LogP contribution in [-0.4, -0.2) is 36.8 Å². The maximum Gasteiger partial charge on any atom is 0.324 e. The van der Waals surface area contributed by atoms with Crippen LogP contribution in [-0.2, 0) is 10.0 Å². The SMILES string of the molecule is Cl.NC1CCN(S(=O)(=O)c2cccc(F)c2[N+](=O)[O-])CC1. The molecular weight excluding hydrogens is 325 g/mol. The highest BCUT2D eigenvalue weighted by Crippen LogP contribution is 2.30. The molecule has 0 spiro atoms. The maximum absolute atomic E-state index is 13.5. The van der Waals surface area contributed by atoms with Crippen molar-refractivity contribution in [2.45, 2.75) is 23.8 Å². The van der Waals surface area contributed by atoms with Gasteiger partial charge in [0.2, 0.25) is 15.8 Å². The Morgan fingerprint density at radius 2 is 1.90 bits per heavy atom. The Kier molecular flexibility index (Phi) is 5.62. The third-order valence-corrected chi connectivity index (χ3v) is 5.18. The predicted molar refractivity (Wildman–Crippen MR) is 76.3 cm³/mol. The lowest BCUT2D eigenvalue weighted by atomic mass is 10.1. The number of rotatable bonds is 3. The van der Waals surface area contributed by atoms with Crippen LogP contribution in [0.5, 0.6) is 0 Å². The zero-order valence-corrected chi connectivity index (χ0v) is 12.6. The quantitative estimate of drug-likeness (QED) is 0.659. The van der Waals surface area contributed by atoms with E-state index in [2.05, 4.69) is 0 Å². The predicted octanol–water partition coefficient (Wildman–Crippen LogP) is 1.27. The summed E-state index contributed by atoms with van der Waals surface area (Å²) in [5.74, 6) is -1.16. The molecule has 2 rings (SSSR count). The van der Waals surface area contributed by atoms with E-state index in [1.165, 1.54) is 0 Å². The van der Waals surface area contributed by atoms with E-state index < -0.39 is 31.3 Å². The van der Waals surface area contributed by atoms with Crippen molar-refractivity contribution in [1.82, 2.24) is 4.31 Å². The van der Waals surface area contributed by atoms with Gasteiger partial charge in [0.1, 0.15) is 0 Å². The van der Waals surface area contributed by atoms with Gasteiger partial charge in [-0.1, -0.05) is 6.07 Å². The average molecular weight is 340 g/mol. The fourth-order valence-electron chi connectivity index (χ4n) is 2.14. The maximum atomic E-state index is 13.5. The second-order valence-corrected chi connectivity index (χ2v) is 6.49. The minimum Gasteiger partial charge on any atom is -0.328 e. The number of piperidine rings is 1. The molecule has 0 unspecified atom stereocenters. The zero-order chi connectivity index (χ0) is 14.9. The van der Waals surface area contributed by atoms with Crippen molar-refractivity contribution in [3.63, 3.8) is 0 Å². The van der Waals surface area contributed by atoms with Gasteiger partial charge in [-0.3, -0.25) is 10.1 Å². The summed E-state index contributed by atoms with van der Waals surface area (Å²) in [5.41, 5.74) is 4.68. The van der Waals surface area contributed by atoms with Crippen LogP contribution >= 0.6 is 12.4 Å². The summed E-state index contributed by atoms with van der Waals surface area (Å²) in [6.07, 6.45) is 0.949. The smallest absolute Gasteiger partial charge is 0.324 e. The van der Waals surface area contributed by atoms with Crippen molar-refractivity contribution in [1.29, 1.82) is 0 Å². The average Bonchev–Trinajstić information content (AvgIpc) is 2.38. The molecule has 0 atom stereocenters. The molecule has 0 radical (unpaired) electrons. The van der Waals surface area contributed by atoms with Gasteiger partial charge < -0.3 is 5.73 Å². The van der Waals surface area contributed by atoms with Gasteiger partial charge in [0.25, 0.3) is 0 Å². The van der Waals surface area contributed by atoms with Crippen molar-refractivity contribution in [3.05, 3.63) is 34.1 Å². The molecule has 1 heterocycles. The van der Waals surface area contributed by atoms with Crippen LogP contribution < -0.4 is 5.73 Å². The number of halogens is 2. The molecule has 0 aliphatic carbocycles. The van der Waals surface area contributed by atoms with Crippen LogP contribution in [0.1, 0.15) is 12.8 Å². The van der Waals surface area contributed by atoms with Gasteiger partial charge >= 0.3 is 5.69 Å². The normalized spacial score (nSPS) is 17.2. The number of nitrogens with zero attached hydrogens (tertiary/aromatic N) is 2. The van der Waals surface area contributed by atoms with E-state index in [0.29, 0.717) is 12.8 Å². The number of hydrogen-bond donors (Lipinski definition) is 1. The highest BCUT2D eigenvalue weighted by Gasteiger charge is 2.35. The van der Waals surface area contributed by atoms with E-state index in [9.17, 15) is 22.9 Å². The van der Waals surface area contributed by atoms with Crippen LogP contribution in [0.15, 0.2) is 23.1 Å². The first kappa shape index (κ1) is 17.8. The van der Waals surface area contributed by atoms with Gasteiger partial charge in [-0.2, -0.15) is 8.70 Å². The first-order valence-electron chi connectivity index (χ1n) is 6.02. The Hall–Kier alpha value is -1.29. The summed E-state index contributed by atoms with van der Waals surface area (Å²) in [6, 6.07) is 2.98. The van der Waals surface area contributed by atoms with E-state index in [1.807, 2.05) is 0 Å². The van der Waals surface area contributed by atoms with Crippen molar-refractivity contribution in [2.75, 3.05) is 13.1 Å². The minimum absolute atomic E-state index is 0. The van der Waals surface area contributed by atoms with Gasteiger partial charge in [-0.25, -0.2) is 8.42 Å². The molecule has 1 aliphatic heterocycles. The Labute approximate surface area is 127 Å². The van der Waals surface area contributed by atoms with Gasteiger partial charge in [0.15, 0.2) is 4.90 Å². The first-order chi connectivity index (χ1) is 9.34. The molecule has 1 saturated heterocycles. The molecule has 1 aliphatic rings. The van der Waals surface area contributed by atoms with Crippen molar-refractivity contribution < 1.29 is 17.7 Å². The lowest BCUT2D eigenvalue weighted by Crippen LogP contribution is -2.42. The Bertz CT molecular complexity index is 632. The van der Waals surface area contributed by atoms with E-state index in [0.717, 1.165) is 22.5 Å². The summed E-state index contributed by atoms with van der Waals surface area (Å²) < 4.78 is 39.4.